The molecule has 2 aliphatic rings. The van der Waals surface area contributed by atoms with Gasteiger partial charge in [0.05, 0.1) is 10.9 Å². The Morgan fingerprint density at radius 1 is 1.19 bits per heavy atom. The van der Waals surface area contributed by atoms with Gasteiger partial charge in [0.15, 0.2) is 11.5 Å². The van der Waals surface area contributed by atoms with Crippen LogP contribution in [0.1, 0.15) is 12.0 Å². The summed E-state index contributed by atoms with van der Waals surface area (Å²) in [5, 5.41) is 5.33. The van der Waals surface area contributed by atoms with Crippen molar-refractivity contribution in [2.24, 2.45) is 0 Å². The molecule has 2 amide bonds. The zero-order valence-electron chi connectivity index (χ0n) is 14.0. The van der Waals surface area contributed by atoms with Gasteiger partial charge in [-0.25, -0.2) is 0 Å². The highest BCUT2D eigenvalue weighted by atomic mass is 32.2. The van der Waals surface area contributed by atoms with E-state index >= 15 is 0 Å². The Hall–Kier alpha value is -2.67. The highest BCUT2D eigenvalue weighted by Crippen LogP contribution is 2.36. The van der Waals surface area contributed by atoms with Crippen LogP contribution in [0.5, 0.6) is 11.5 Å². The Kier molecular flexibility index (Phi) is 4.71. The molecule has 0 bridgehead atoms. The summed E-state index contributed by atoms with van der Waals surface area (Å²) < 4.78 is 10.6. The number of hydrogen-bond donors (Lipinski definition) is 2. The SMILES string of the molecule is O=C(C[C@H]1Sc2ccccc2NC1=O)NCCc1ccc2c(c1)OCO2. The van der Waals surface area contributed by atoms with Gasteiger partial charge in [-0.3, -0.25) is 9.59 Å². The van der Waals surface area contributed by atoms with Gasteiger partial charge < -0.3 is 20.1 Å². The van der Waals surface area contributed by atoms with Crippen LogP contribution >= 0.6 is 11.8 Å². The number of carbonyl (C=O) groups is 2. The summed E-state index contributed by atoms with van der Waals surface area (Å²) in [5.41, 5.74) is 1.87. The van der Waals surface area contributed by atoms with Crippen molar-refractivity contribution in [1.29, 1.82) is 0 Å². The molecule has 7 heteroatoms. The van der Waals surface area contributed by atoms with E-state index in [-0.39, 0.29) is 25.0 Å². The van der Waals surface area contributed by atoms with Crippen LogP contribution in [0.4, 0.5) is 5.69 Å². The maximum absolute atomic E-state index is 12.2. The van der Waals surface area contributed by atoms with E-state index in [4.69, 9.17) is 9.47 Å². The lowest BCUT2D eigenvalue weighted by Crippen LogP contribution is -2.35. The zero-order valence-corrected chi connectivity index (χ0v) is 14.8. The molecule has 0 radical (unpaired) electrons. The van der Waals surface area contributed by atoms with Gasteiger partial charge in [0.1, 0.15) is 0 Å². The Morgan fingerprint density at radius 2 is 2.04 bits per heavy atom. The number of nitrogens with one attached hydrogen (secondary N) is 2. The van der Waals surface area contributed by atoms with Crippen LogP contribution in [-0.2, 0) is 16.0 Å². The molecule has 0 saturated heterocycles. The van der Waals surface area contributed by atoms with Crippen molar-refractivity contribution in [3.8, 4) is 11.5 Å². The van der Waals surface area contributed by atoms with Crippen LogP contribution in [0.3, 0.4) is 0 Å². The molecule has 0 aromatic heterocycles. The number of thioether (sulfide) groups is 1. The van der Waals surface area contributed by atoms with E-state index in [2.05, 4.69) is 10.6 Å². The standard InChI is InChI=1S/C19H18N2O4S/c22-18(10-17-19(23)21-13-3-1-2-4-16(13)26-17)20-8-7-12-5-6-14-15(9-12)25-11-24-14/h1-6,9,17H,7-8,10-11H2,(H,20,22)(H,21,23)/t17-/m1/s1. The predicted octanol–water partition coefficient (Wildman–Crippen LogP) is 2.58. The Balaban J connectivity index is 1.27. The number of hydrogen-bond acceptors (Lipinski definition) is 5. The highest BCUT2D eigenvalue weighted by Gasteiger charge is 2.28. The third-order valence-corrected chi connectivity index (χ3v) is 5.53. The molecule has 2 aliphatic heterocycles. The zero-order chi connectivity index (χ0) is 17.9. The van der Waals surface area contributed by atoms with Crippen molar-refractivity contribution in [1.82, 2.24) is 5.32 Å². The summed E-state index contributed by atoms with van der Waals surface area (Å²) in [6.45, 7) is 0.758. The minimum Gasteiger partial charge on any atom is -0.454 e. The second-order valence-electron chi connectivity index (χ2n) is 6.08. The van der Waals surface area contributed by atoms with Gasteiger partial charge in [0.25, 0.3) is 0 Å². The second-order valence-corrected chi connectivity index (χ2v) is 7.33. The Bertz CT molecular complexity index is 855. The predicted molar refractivity (Wildman–Crippen MR) is 98.6 cm³/mol. The monoisotopic (exact) mass is 370 g/mol. The number of anilines is 1. The lowest BCUT2D eigenvalue weighted by Gasteiger charge is -2.23. The number of para-hydroxylation sites is 1. The fourth-order valence-electron chi connectivity index (χ4n) is 2.91. The lowest BCUT2D eigenvalue weighted by molar-refractivity contribution is -0.124. The molecule has 0 saturated carbocycles. The number of ether oxygens (including phenoxy) is 2. The molecule has 2 heterocycles. The molecule has 2 aromatic carbocycles. The molecule has 0 spiro atoms. The minimum atomic E-state index is -0.407. The van der Waals surface area contributed by atoms with E-state index < -0.39 is 5.25 Å². The highest BCUT2D eigenvalue weighted by molar-refractivity contribution is 8.01. The topological polar surface area (TPSA) is 76.7 Å². The first kappa shape index (κ1) is 16.8. The first-order chi connectivity index (χ1) is 12.7. The molecule has 134 valence electrons. The first-order valence-corrected chi connectivity index (χ1v) is 9.29. The van der Waals surface area contributed by atoms with Crippen molar-refractivity contribution < 1.29 is 19.1 Å². The van der Waals surface area contributed by atoms with E-state index in [0.29, 0.717) is 13.0 Å². The van der Waals surface area contributed by atoms with E-state index in [1.54, 1.807) is 0 Å². The fraction of sp³-hybridized carbons (Fsp3) is 0.263. The van der Waals surface area contributed by atoms with Crippen LogP contribution in [0, 0.1) is 0 Å². The number of amides is 2. The van der Waals surface area contributed by atoms with Gasteiger partial charge in [0, 0.05) is 17.9 Å². The van der Waals surface area contributed by atoms with Crippen LogP contribution in [0.15, 0.2) is 47.4 Å². The van der Waals surface area contributed by atoms with Crippen molar-refractivity contribution in [3.05, 3.63) is 48.0 Å². The van der Waals surface area contributed by atoms with Crippen LogP contribution < -0.4 is 20.1 Å². The summed E-state index contributed by atoms with van der Waals surface area (Å²) in [6.07, 6.45) is 0.848. The molecule has 2 aromatic rings. The normalized spacial score (nSPS) is 17.4. The molecule has 0 unspecified atom stereocenters. The van der Waals surface area contributed by atoms with Gasteiger partial charge >= 0.3 is 0 Å². The van der Waals surface area contributed by atoms with Crippen LogP contribution in [0.25, 0.3) is 0 Å². The molecule has 6 nitrogen and oxygen atoms in total. The summed E-state index contributed by atoms with van der Waals surface area (Å²) in [4.78, 5) is 25.3. The molecule has 0 aliphatic carbocycles. The van der Waals surface area contributed by atoms with Crippen molar-refractivity contribution in [3.63, 3.8) is 0 Å². The van der Waals surface area contributed by atoms with Gasteiger partial charge in [-0.15, -0.1) is 11.8 Å². The summed E-state index contributed by atoms with van der Waals surface area (Å²) in [7, 11) is 0. The van der Waals surface area contributed by atoms with E-state index in [1.807, 2.05) is 42.5 Å². The fourth-order valence-corrected chi connectivity index (χ4v) is 4.02. The van der Waals surface area contributed by atoms with Crippen molar-refractivity contribution in [2.75, 3.05) is 18.7 Å². The number of rotatable bonds is 5. The quantitative estimate of drug-likeness (QED) is 0.846. The largest absolute Gasteiger partial charge is 0.454 e. The van der Waals surface area contributed by atoms with Crippen LogP contribution in [0.2, 0.25) is 0 Å². The molecular formula is C19H18N2O4S. The molecule has 1 atom stereocenters. The Labute approximate surface area is 155 Å². The van der Waals surface area contributed by atoms with E-state index in [0.717, 1.165) is 27.6 Å². The lowest BCUT2D eigenvalue weighted by atomic mass is 10.1. The minimum absolute atomic E-state index is 0.125. The third-order valence-electron chi connectivity index (χ3n) is 4.25. The van der Waals surface area contributed by atoms with Gasteiger partial charge in [0.2, 0.25) is 18.6 Å². The number of fused-ring (bicyclic) bond motifs is 2. The van der Waals surface area contributed by atoms with Gasteiger partial charge in [-0.05, 0) is 36.2 Å². The first-order valence-electron chi connectivity index (χ1n) is 8.41. The Morgan fingerprint density at radius 3 is 2.96 bits per heavy atom. The second kappa shape index (κ2) is 7.29. The third kappa shape index (κ3) is 3.62. The molecule has 2 N–H and O–H groups in total. The number of carbonyl (C=O) groups excluding carboxylic acids is 2. The summed E-state index contributed by atoms with van der Waals surface area (Å²) >= 11 is 1.43. The molecular weight excluding hydrogens is 352 g/mol. The van der Waals surface area contributed by atoms with Crippen molar-refractivity contribution >= 4 is 29.3 Å². The van der Waals surface area contributed by atoms with Crippen LogP contribution in [-0.4, -0.2) is 30.4 Å². The maximum atomic E-state index is 12.2. The number of benzene rings is 2. The van der Waals surface area contributed by atoms with Gasteiger partial charge in [-0.1, -0.05) is 18.2 Å². The van der Waals surface area contributed by atoms with E-state index in [1.165, 1.54) is 11.8 Å². The molecule has 4 rings (SSSR count). The van der Waals surface area contributed by atoms with E-state index in [9.17, 15) is 9.59 Å². The maximum Gasteiger partial charge on any atom is 0.238 e. The summed E-state index contributed by atoms with van der Waals surface area (Å²) in [6, 6.07) is 13.4. The molecule has 26 heavy (non-hydrogen) atoms. The molecule has 0 fully saturated rings. The van der Waals surface area contributed by atoms with Crippen molar-refractivity contribution in [2.45, 2.75) is 23.0 Å². The average Bonchev–Trinajstić information content (AvgIpc) is 3.10. The summed E-state index contributed by atoms with van der Waals surface area (Å²) in [5.74, 6) is 1.23. The van der Waals surface area contributed by atoms with Gasteiger partial charge in [-0.2, -0.15) is 0 Å². The smallest absolute Gasteiger partial charge is 0.238 e. The average molecular weight is 370 g/mol.